The van der Waals surface area contributed by atoms with Gasteiger partial charge in [0.2, 0.25) is 0 Å². The molecule has 2 saturated heterocycles. The molecule has 4 nitrogen and oxygen atoms in total. The number of benzene rings is 2. The number of hydrogen-bond donors (Lipinski definition) is 1. The van der Waals surface area contributed by atoms with Gasteiger partial charge in [0.25, 0.3) is 0 Å². The lowest BCUT2D eigenvalue weighted by Crippen LogP contribution is -2.47. The fraction of sp³-hybridized carbons (Fsp3) is 0.400. The van der Waals surface area contributed by atoms with Crippen LogP contribution in [0.4, 0.5) is 26.3 Å². The van der Waals surface area contributed by atoms with E-state index in [4.69, 9.17) is 9.47 Å². The highest BCUT2D eigenvalue weighted by molar-refractivity contribution is 5.30. The molecule has 2 heterocycles. The second-order valence-corrected chi connectivity index (χ2v) is 7.36. The highest BCUT2D eigenvalue weighted by atomic mass is 19.4. The second kappa shape index (κ2) is 7.23. The van der Waals surface area contributed by atoms with Crippen molar-refractivity contribution in [2.24, 2.45) is 0 Å². The maximum absolute atomic E-state index is 12.9. The molecule has 162 valence electrons. The van der Waals surface area contributed by atoms with Crippen molar-refractivity contribution in [3.8, 4) is 0 Å². The van der Waals surface area contributed by atoms with E-state index in [9.17, 15) is 31.4 Å². The predicted molar refractivity (Wildman–Crippen MR) is 91.9 cm³/mol. The molecule has 30 heavy (non-hydrogen) atoms. The molecular formula is C20H17F6NO3. The zero-order valence-corrected chi connectivity index (χ0v) is 15.4. The number of hydrogen-bond acceptors (Lipinski definition) is 4. The maximum Gasteiger partial charge on any atom is 0.416 e. The first kappa shape index (κ1) is 21.1. The van der Waals surface area contributed by atoms with E-state index in [-0.39, 0.29) is 19.8 Å². The summed E-state index contributed by atoms with van der Waals surface area (Å²) in [4.78, 5) is 1.66. The molecule has 0 unspecified atom stereocenters. The van der Waals surface area contributed by atoms with Crippen molar-refractivity contribution < 1.29 is 40.9 Å². The molecule has 10 heteroatoms. The molecule has 2 fully saturated rings. The molecule has 0 radical (unpaired) electrons. The van der Waals surface area contributed by atoms with Gasteiger partial charge in [-0.2, -0.15) is 26.3 Å². The molecular weight excluding hydrogens is 416 g/mol. The molecule has 2 aliphatic rings. The van der Waals surface area contributed by atoms with Gasteiger partial charge in [-0.15, -0.1) is 0 Å². The van der Waals surface area contributed by atoms with Crippen LogP contribution in [-0.2, 0) is 21.8 Å². The van der Waals surface area contributed by atoms with Crippen LogP contribution in [-0.4, -0.2) is 35.4 Å². The third-order valence-electron chi connectivity index (χ3n) is 5.41. The minimum atomic E-state index is -4.48. The first-order valence-corrected chi connectivity index (χ1v) is 9.02. The molecule has 2 atom stereocenters. The Bertz CT molecular complexity index is 825. The number of alkyl halides is 6. The molecule has 1 N–H and O–H groups in total. The topological polar surface area (TPSA) is 41.9 Å². The summed E-state index contributed by atoms with van der Waals surface area (Å²) in [5, 5.41) is 9.96. The summed E-state index contributed by atoms with van der Waals surface area (Å²) >= 11 is 0. The van der Waals surface area contributed by atoms with Crippen LogP contribution in [0.25, 0.3) is 0 Å². The Hall–Kier alpha value is -2.14. The van der Waals surface area contributed by atoms with E-state index < -0.39 is 41.5 Å². The number of aliphatic hydroxyl groups is 1. The third-order valence-corrected chi connectivity index (χ3v) is 5.41. The third kappa shape index (κ3) is 3.58. The lowest BCUT2D eigenvalue weighted by Gasteiger charge is -2.33. The Balaban J connectivity index is 1.66. The van der Waals surface area contributed by atoms with Crippen molar-refractivity contribution in [3.63, 3.8) is 0 Å². The van der Waals surface area contributed by atoms with Gasteiger partial charge in [0.05, 0.1) is 36.5 Å². The maximum atomic E-state index is 12.9. The van der Waals surface area contributed by atoms with Crippen LogP contribution in [0.15, 0.2) is 48.5 Å². The number of ether oxygens (including phenoxy) is 2. The van der Waals surface area contributed by atoms with Crippen molar-refractivity contribution in [2.45, 2.75) is 30.3 Å². The van der Waals surface area contributed by atoms with Gasteiger partial charge in [-0.1, -0.05) is 24.3 Å². The molecule has 0 aromatic heterocycles. The lowest BCUT2D eigenvalue weighted by atomic mass is 10.0. The van der Waals surface area contributed by atoms with Crippen LogP contribution >= 0.6 is 0 Å². The second-order valence-electron chi connectivity index (χ2n) is 7.36. The minimum Gasteiger partial charge on any atom is -0.394 e. The van der Waals surface area contributed by atoms with Gasteiger partial charge in [-0.25, -0.2) is 4.90 Å². The van der Waals surface area contributed by atoms with Crippen molar-refractivity contribution in [3.05, 3.63) is 70.8 Å². The van der Waals surface area contributed by atoms with Crippen molar-refractivity contribution >= 4 is 0 Å². The van der Waals surface area contributed by atoms with E-state index in [2.05, 4.69) is 0 Å². The zero-order valence-electron chi connectivity index (χ0n) is 15.4. The Kier molecular flexibility index (Phi) is 5.08. The Morgan fingerprint density at radius 1 is 0.767 bits per heavy atom. The first-order chi connectivity index (χ1) is 14.0. The Morgan fingerprint density at radius 3 is 1.43 bits per heavy atom. The van der Waals surface area contributed by atoms with Gasteiger partial charge < -0.3 is 14.6 Å². The van der Waals surface area contributed by atoms with Crippen molar-refractivity contribution in [2.75, 3.05) is 19.8 Å². The van der Waals surface area contributed by atoms with Gasteiger partial charge in [0, 0.05) is 0 Å². The summed E-state index contributed by atoms with van der Waals surface area (Å²) in [5.41, 5.74) is -1.73. The quantitative estimate of drug-likeness (QED) is 0.724. The number of halogens is 6. The number of rotatable bonds is 3. The van der Waals surface area contributed by atoms with E-state index in [0.717, 1.165) is 24.3 Å². The van der Waals surface area contributed by atoms with E-state index in [1.165, 1.54) is 24.3 Å². The normalized spacial score (nSPS) is 24.2. The molecule has 0 bridgehead atoms. The summed E-state index contributed by atoms with van der Waals surface area (Å²) in [6, 6.07) is 8.85. The van der Waals surface area contributed by atoms with Crippen LogP contribution in [0, 0.1) is 0 Å². The molecule has 0 amide bonds. The largest absolute Gasteiger partial charge is 0.416 e. The summed E-state index contributed by atoms with van der Waals surface area (Å²) in [5.74, 6) is 0. The van der Waals surface area contributed by atoms with Crippen LogP contribution in [0.5, 0.6) is 0 Å². The highest BCUT2D eigenvalue weighted by Crippen LogP contribution is 2.49. The smallest absolute Gasteiger partial charge is 0.394 e. The summed E-state index contributed by atoms with van der Waals surface area (Å²) in [6.07, 6.45) is -10.6. The fourth-order valence-corrected chi connectivity index (χ4v) is 3.80. The van der Waals surface area contributed by atoms with Crippen molar-refractivity contribution in [1.29, 1.82) is 0 Å². The molecule has 0 saturated carbocycles. The number of nitrogens with zero attached hydrogens (tertiary/aromatic N) is 1. The first-order valence-electron chi connectivity index (χ1n) is 9.02. The highest BCUT2D eigenvalue weighted by Gasteiger charge is 2.56. The van der Waals surface area contributed by atoms with Crippen molar-refractivity contribution in [1.82, 2.24) is 4.90 Å². The van der Waals surface area contributed by atoms with E-state index >= 15 is 0 Å². The van der Waals surface area contributed by atoms with E-state index in [0.29, 0.717) is 11.1 Å². The molecule has 2 aromatic rings. The van der Waals surface area contributed by atoms with E-state index in [1.807, 2.05) is 0 Å². The zero-order chi connectivity index (χ0) is 21.7. The monoisotopic (exact) mass is 433 g/mol. The molecule has 0 aliphatic carbocycles. The molecule has 0 spiro atoms. The van der Waals surface area contributed by atoms with Crippen LogP contribution in [0.2, 0.25) is 0 Å². The van der Waals surface area contributed by atoms with Gasteiger partial charge in [0.1, 0.15) is 12.5 Å². The molecule has 4 rings (SSSR count). The number of aliphatic hydroxyl groups excluding tert-OH is 1. The summed E-state index contributed by atoms with van der Waals surface area (Å²) in [7, 11) is 0. The molecule has 2 aliphatic heterocycles. The minimum absolute atomic E-state index is 0.0618. The average Bonchev–Trinajstić information content (AvgIpc) is 3.24. The van der Waals surface area contributed by atoms with Gasteiger partial charge >= 0.3 is 12.4 Å². The average molecular weight is 433 g/mol. The van der Waals surface area contributed by atoms with Gasteiger partial charge in [-0.05, 0) is 35.4 Å². The Labute approximate surface area is 167 Å². The summed E-state index contributed by atoms with van der Waals surface area (Å²) in [6.45, 7) is -0.222. The molecule has 2 aromatic carbocycles. The van der Waals surface area contributed by atoms with Crippen LogP contribution in [0.1, 0.15) is 34.7 Å². The standard InChI is InChI=1S/C20H17F6NO3/c21-19(22,23)14-5-1-12(2-6-14)16-27-17(30-11-18(27,9-28)10-29-16)13-3-7-15(8-4-13)20(24,25)26/h1-8,16-17,28H,9-11H2/t16-,17-/m1/s1. The lowest BCUT2D eigenvalue weighted by molar-refractivity contribution is -0.138. The number of fused-ring (bicyclic) bond motifs is 1. The van der Waals surface area contributed by atoms with E-state index in [1.54, 1.807) is 4.90 Å². The van der Waals surface area contributed by atoms with Crippen LogP contribution in [0.3, 0.4) is 0 Å². The summed E-state index contributed by atoms with van der Waals surface area (Å²) < 4.78 is 88.7. The SMILES string of the molecule is OCC12CO[C@H](c3ccc(C(F)(F)F)cc3)N1[C@@H](c1ccc(C(F)(F)F)cc1)OC2. The van der Waals surface area contributed by atoms with Gasteiger partial charge in [-0.3, -0.25) is 0 Å². The van der Waals surface area contributed by atoms with Crippen LogP contribution < -0.4 is 0 Å². The van der Waals surface area contributed by atoms with Gasteiger partial charge in [0.15, 0.2) is 0 Å². The Morgan fingerprint density at radius 2 is 1.13 bits per heavy atom. The fourth-order valence-electron chi connectivity index (χ4n) is 3.80. The predicted octanol–water partition coefficient (Wildman–Crippen LogP) is 4.52.